The number of nitrogens with one attached hydrogen (secondary N) is 1. The summed E-state index contributed by atoms with van der Waals surface area (Å²) in [4.78, 5) is 34.8. The van der Waals surface area contributed by atoms with E-state index in [4.69, 9.17) is 6.42 Å². The number of carbonyl (C=O) groups is 2. The van der Waals surface area contributed by atoms with Crippen molar-refractivity contribution >= 4 is 17.6 Å². The Morgan fingerprint density at radius 3 is 2.65 bits per heavy atom. The minimum absolute atomic E-state index is 0.00597. The molecule has 0 aliphatic heterocycles. The first-order valence-electron chi connectivity index (χ1n) is 5.72. The fourth-order valence-corrected chi connectivity index (χ4v) is 1.35. The highest BCUT2D eigenvalue weighted by Gasteiger charge is 2.18. The first kappa shape index (κ1) is 15.2. The Morgan fingerprint density at radius 2 is 2.15 bits per heavy atom. The predicted molar refractivity (Wildman–Crippen MR) is 72.2 cm³/mol. The van der Waals surface area contributed by atoms with Crippen molar-refractivity contribution in [2.24, 2.45) is 0 Å². The SMILES string of the molecule is C#Cc1ccc(C(=O)NC(=O)N(C)CC)cc1[N+](=O)[O-]. The highest BCUT2D eigenvalue weighted by atomic mass is 16.6. The Morgan fingerprint density at radius 1 is 1.50 bits per heavy atom. The highest BCUT2D eigenvalue weighted by Crippen LogP contribution is 2.19. The predicted octanol–water partition coefficient (Wildman–Crippen LogP) is 1.38. The van der Waals surface area contributed by atoms with Gasteiger partial charge in [-0.2, -0.15) is 0 Å². The van der Waals surface area contributed by atoms with Crippen molar-refractivity contribution in [3.63, 3.8) is 0 Å². The monoisotopic (exact) mass is 275 g/mol. The number of nitrogens with zero attached hydrogens (tertiary/aromatic N) is 2. The van der Waals surface area contributed by atoms with Crippen LogP contribution >= 0.6 is 0 Å². The highest BCUT2D eigenvalue weighted by molar-refractivity contribution is 6.04. The zero-order valence-corrected chi connectivity index (χ0v) is 11.0. The number of imide groups is 1. The second-order valence-corrected chi connectivity index (χ2v) is 3.91. The molecule has 20 heavy (non-hydrogen) atoms. The van der Waals surface area contributed by atoms with Gasteiger partial charge in [-0.3, -0.25) is 20.2 Å². The molecule has 1 aromatic carbocycles. The summed E-state index contributed by atoms with van der Waals surface area (Å²) in [6, 6.07) is 3.09. The molecule has 0 bridgehead atoms. The topological polar surface area (TPSA) is 92.6 Å². The molecule has 0 saturated heterocycles. The number of hydrogen-bond acceptors (Lipinski definition) is 4. The van der Waals surface area contributed by atoms with Crippen molar-refractivity contribution in [3.05, 3.63) is 39.4 Å². The number of terminal acetylenes is 1. The standard InChI is InChI=1S/C13H13N3O4/c1-4-9-6-7-10(8-11(9)16(19)20)12(17)14-13(18)15(3)5-2/h1,6-8H,5H2,2-3H3,(H,14,17,18). The van der Waals surface area contributed by atoms with Crippen molar-refractivity contribution in [3.8, 4) is 12.3 Å². The largest absolute Gasteiger partial charge is 0.328 e. The van der Waals surface area contributed by atoms with Gasteiger partial charge in [-0.25, -0.2) is 4.79 Å². The number of hydrogen-bond donors (Lipinski definition) is 1. The second-order valence-electron chi connectivity index (χ2n) is 3.91. The van der Waals surface area contributed by atoms with E-state index >= 15 is 0 Å². The molecule has 0 aliphatic carbocycles. The Balaban J connectivity index is 3.01. The molecular weight excluding hydrogens is 262 g/mol. The van der Waals surface area contributed by atoms with Crippen molar-refractivity contribution in [2.45, 2.75) is 6.92 Å². The average molecular weight is 275 g/mol. The zero-order chi connectivity index (χ0) is 15.3. The molecule has 0 fully saturated rings. The molecule has 1 rings (SSSR count). The number of benzene rings is 1. The van der Waals surface area contributed by atoms with Crippen LogP contribution < -0.4 is 5.32 Å². The van der Waals surface area contributed by atoms with Gasteiger partial charge >= 0.3 is 6.03 Å². The van der Waals surface area contributed by atoms with Crippen LogP contribution in [0.5, 0.6) is 0 Å². The van der Waals surface area contributed by atoms with Gasteiger partial charge in [0.15, 0.2) is 0 Å². The van der Waals surface area contributed by atoms with E-state index in [1.807, 2.05) is 0 Å². The molecule has 1 N–H and O–H groups in total. The Labute approximate surface area is 115 Å². The molecular formula is C13H13N3O4. The second kappa shape index (κ2) is 6.33. The van der Waals surface area contributed by atoms with Gasteiger partial charge in [0.25, 0.3) is 11.6 Å². The lowest BCUT2D eigenvalue weighted by Crippen LogP contribution is -2.40. The third kappa shape index (κ3) is 3.32. The third-order valence-electron chi connectivity index (χ3n) is 2.65. The van der Waals surface area contributed by atoms with Crippen LogP contribution in [0.15, 0.2) is 18.2 Å². The lowest BCUT2D eigenvalue weighted by Gasteiger charge is -2.14. The molecule has 1 aromatic rings. The fraction of sp³-hybridized carbons (Fsp3) is 0.231. The van der Waals surface area contributed by atoms with E-state index in [2.05, 4.69) is 11.2 Å². The molecule has 0 aromatic heterocycles. The lowest BCUT2D eigenvalue weighted by molar-refractivity contribution is -0.385. The van der Waals surface area contributed by atoms with Crippen molar-refractivity contribution in [1.82, 2.24) is 10.2 Å². The normalized spacial score (nSPS) is 9.45. The molecule has 0 atom stereocenters. The summed E-state index contributed by atoms with van der Waals surface area (Å²) >= 11 is 0. The lowest BCUT2D eigenvalue weighted by atomic mass is 10.1. The van der Waals surface area contributed by atoms with Gasteiger partial charge in [0.2, 0.25) is 0 Å². The summed E-state index contributed by atoms with van der Waals surface area (Å²) in [6.45, 7) is 2.17. The van der Waals surface area contributed by atoms with Gasteiger partial charge in [0.05, 0.1) is 4.92 Å². The van der Waals surface area contributed by atoms with E-state index in [1.54, 1.807) is 6.92 Å². The van der Waals surface area contributed by atoms with E-state index in [9.17, 15) is 19.7 Å². The molecule has 0 aliphatic rings. The third-order valence-corrected chi connectivity index (χ3v) is 2.65. The molecule has 0 spiro atoms. The summed E-state index contributed by atoms with van der Waals surface area (Å²) in [6.07, 6.45) is 5.14. The van der Waals surface area contributed by atoms with Gasteiger partial charge in [-0.15, -0.1) is 6.42 Å². The number of amides is 3. The Kier molecular flexibility index (Phi) is 4.81. The van der Waals surface area contributed by atoms with Gasteiger partial charge in [-0.05, 0) is 19.1 Å². The number of rotatable bonds is 3. The van der Waals surface area contributed by atoms with Crippen molar-refractivity contribution < 1.29 is 14.5 Å². The van der Waals surface area contributed by atoms with Gasteiger partial charge in [0.1, 0.15) is 5.56 Å². The van der Waals surface area contributed by atoms with Crippen LogP contribution in [0.1, 0.15) is 22.8 Å². The number of nitro benzene ring substituents is 1. The van der Waals surface area contributed by atoms with Gasteiger partial charge in [-0.1, -0.05) is 5.92 Å². The summed E-state index contributed by atoms with van der Waals surface area (Å²) in [7, 11) is 1.52. The summed E-state index contributed by atoms with van der Waals surface area (Å²) in [5.74, 6) is 1.44. The summed E-state index contributed by atoms with van der Waals surface area (Å²) in [5.41, 5.74) is -0.284. The van der Waals surface area contributed by atoms with Crippen LogP contribution in [0, 0.1) is 22.5 Å². The molecule has 0 saturated carbocycles. The maximum absolute atomic E-state index is 11.8. The van der Waals surface area contributed by atoms with Crippen LogP contribution in [0.3, 0.4) is 0 Å². The summed E-state index contributed by atoms with van der Waals surface area (Å²) in [5, 5.41) is 13.0. The van der Waals surface area contributed by atoms with Crippen LogP contribution in [0.4, 0.5) is 10.5 Å². The summed E-state index contributed by atoms with van der Waals surface area (Å²) < 4.78 is 0. The van der Waals surface area contributed by atoms with E-state index in [1.165, 1.54) is 24.1 Å². The molecule has 7 nitrogen and oxygen atoms in total. The molecule has 0 radical (unpaired) electrons. The minimum Gasteiger partial charge on any atom is -0.328 e. The van der Waals surface area contributed by atoms with Crippen LogP contribution in [0.2, 0.25) is 0 Å². The first-order valence-corrected chi connectivity index (χ1v) is 5.72. The van der Waals surface area contributed by atoms with Gasteiger partial charge in [0, 0.05) is 25.2 Å². The van der Waals surface area contributed by atoms with Gasteiger partial charge < -0.3 is 4.90 Å². The molecule has 0 unspecified atom stereocenters. The zero-order valence-electron chi connectivity index (χ0n) is 11.0. The number of nitro groups is 1. The molecule has 3 amide bonds. The van der Waals surface area contributed by atoms with Crippen LogP contribution in [-0.4, -0.2) is 35.4 Å². The quantitative estimate of drug-likeness (QED) is 0.512. The maximum atomic E-state index is 11.8. The Bertz CT molecular complexity index is 604. The number of urea groups is 1. The average Bonchev–Trinajstić information content (AvgIpc) is 2.45. The molecule has 104 valence electrons. The van der Waals surface area contributed by atoms with Crippen LogP contribution in [0.25, 0.3) is 0 Å². The number of carbonyl (C=O) groups excluding carboxylic acids is 2. The van der Waals surface area contributed by atoms with E-state index in [0.717, 1.165) is 6.07 Å². The molecule has 7 heteroatoms. The minimum atomic E-state index is -0.720. The van der Waals surface area contributed by atoms with Crippen LogP contribution in [-0.2, 0) is 0 Å². The smallest absolute Gasteiger partial charge is 0.324 e. The first-order chi connectivity index (χ1) is 9.40. The maximum Gasteiger partial charge on any atom is 0.324 e. The van der Waals surface area contributed by atoms with E-state index in [0.29, 0.717) is 6.54 Å². The fourth-order valence-electron chi connectivity index (χ4n) is 1.35. The Hall–Kier alpha value is -2.88. The molecule has 0 heterocycles. The van der Waals surface area contributed by atoms with E-state index < -0.39 is 16.9 Å². The van der Waals surface area contributed by atoms with Crippen molar-refractivity contribution in [2.75, 3.05) is 13.6 Å². The van der Waals surface area contributed by atoms with Crippen molar-refractivity contribution in [1.29, 1.82) is 0 Å². The van der Waals surface area contributed by atoms with E-state index in [-0.39, 0.29) is 16.8 Å².